The van der Waals surface area contributed by atoms with Gasteiger partial charge in [0.15, 0.2) is 12.4 Å². The Hall–Kier alpha value is -3.87. The summed E-state index contributed by atoms with van der Waals surface area (Å²) in [7, 11) is 0. The second-order valence-corrected chi connectivity index (χ2v) is 10.7. The fourth-order valence-electron chi connectivity index (χ4n) is 6.20. The van der Waals surface area contributed by atoms with Gasteiger partial charge in [0.05, 0.1) is 10.9 Å². The van der Waals surface area contributed by atoms with Crippen molar-refractivity contribution in [2.75, 3.05) is 26.3 Å². The molecular formula is C29H26F6N4O3. The third kappa shape index (κ3) is 5.03. The monoisotopic (exact) mass is 592 g/mol. The van der Waals surface area contributed by atoms with Crippen LogP contribution < -0.4 is 9.47 Å². The second-order valence-electron chi connectivity index (χ2n) is 10.7. The SMILES string of the molecule is CCc1c(F)ccc2cc(O)cc(-c3ncc4c(OCC(F)(F)F)nc(OCC56CCCN5C[C@H](F)C6)nc4c3F)c12. The molecule has 1 unspecified atom stereocenters. The number of aromatic hydroxyl groups is 1. The zero-order valence-electron chi connectivity index (χ0n) is 22.4. The number of hydrogen-bond acceptors (Lipinski definition) is 7. The van der Waals surface area contributed by atoms with Gasteiger partial charge in [-0.1, -0.05) is 13.0 Å². The fraction of sp³-hybridized carbons (Fsp3) is 0.414. The number of hydrogen-bond donors (Lipinski definition) is 1. The highest BCUT2D eigenvalue weighted by Gasteiger charge is 2.49. The van der Waals surface area contributed by atoms with Crippen molar-refractivity contribution in [3.05, 3.63) is 47.7 Å². The molecule has 4 heterocycles. The number of nitrogens with zero attached hydrogens (tertiary/aromatic N) is 4. The molecule has 222 valence electrons. The minimum Gasteiger partial charge on any atom is -0.508 e. The van der Waals surface area contributed by atoms with Gasteiger partial charge in [-0.3, -0.25) is 9.88 Å². The van der Waals surface area contributed by atoms with E-state index in [-0.39, 0.29) is 53.9 Å². The first-order chi connectivity index (χ1) is 20.0. The summed E-state index contributed by atoms with van der Waals surface area (Å²) in [5.41, 5.74) is -1.03. The van der Waals surface area contributed by atoms with Gasteiger partial charge < -0.3 is 14.6 Å². The minimum atomic E-state index is -4.71. The highest BCUT2D eigenvalue weighted by molar-refractivity contribution is 6.01. The highest BCUT2D eigenvalue weighted by atomic mass is 19.4. The summed E-state index contributed by atoms with van der Waals surface area (Å²) < 4.78 is 95.1. The Morgan fingerprint density at radius 3 is 2.71 bits per heavy atom. The Morgan fingerprint density at radius 1 is 1.14 bits per heavy atom. The normalized spacial score (nSPS) is 20.9. The van der Waals surface area contributed by atoms with E-state index in [4.69, 9.17) is 9.47 Å². The minimum absolute atomic E-state index is 0.0481. The van der Waals surface area contributed by atoms with E-state index in [9.17, 15) is 27.1 Å². The lowest BCUT2D eigenvalue weighted by molar-refractivity contribution is -0.153. The lowest BCUT2D eigenvalue weighted by atomic mass is 9.94. The van der Waals surface area contributed by atoms with Crippen molar-refractivity contribution in [1.82, 2.24) is 19.9 Å². The van der Waals surface area contributed by atoms with Crippen LogP contribution >= 0.6 is 0 Å². The average Bonchev–Trinajstić information content (AvgIpc) is 3.46. The fourth-order valence-corrected chi connectivity index (χ4v) is 6.20. The summed E-state index contributed by atoms with van der Waals surface area (Å²) in [5, 5.41) is 10.9. The topological polar surface area (TPSA) is 80.6 Å². The van der Waals surface area contributed by atoms with Gasteiger partial charge in [-0.25, -0.2) is 13.2 Å². The largest absolute Gasteiger partial charge is 0.508 e. The Labute approximate surface area is 236 Å². The molecule has 2 aromatic heterocycles. The number of aromatic nitrogens is 3. The lowest BCUT2D eigenvalue weighted by Crippen LogP contribution is -2.43. The zero-order chi connectivity index (χ0) is 29.8. The zero-order valence-corrected chi connectivity index (χ0v) is 22.4. The van der Waals surface area contributed by atoms with Crippen molar-refractivity contribution in [1.29, 1.82) is 0 Å². The molecule has 6 rings (SSSR count). The van der Waals surface area contributed by atoms with E-state index in [1.165, 1.54) is 24.3 Å². The molecule has 2 aliphatic rings. The van der Waals surface area contributed by atoms with Gasteiger partial charge >= 0.3 is 12.2 Å². The van der Waals surface area contributed by atoms with Crippen LogP contribution in [0.5, 0.6) is 17.6 Å². The predicted octanol–water partition coefficient (Wildman–Crippen LogP) is 6.29. The molecule has 0 bridgehead atoms. The van der Waals surface area contributed by atoms with Crippen molar-refractivity contribution in [2.45, 2.75) is 50.5 Å². The molecule has 0 radical (unpaired) electrons. The second kappa shape index (κ2) is 10.4. The quantitative estimate of drug-likeness (QED) is 0.253. The van der Waals surface area contributed by atoms with Crippen LogP contribution in [-0.2, 0) is 6.42 Å². The standard InChI is InChI=1S/C29H26F6N4O3/c1-2-18-21(31)5-4-15-8-17(40)9-19(22(15)18)24-23(32)25-20(11-36-24)26(41-14-29(33,34)35)38-27(37-25)42-13-28-6-3-7-39(28)12-16(30)10-28/h4-5,8-9,11,16,40H,2-3,6-7,10,12-14H2,1H3/t16-,28?/m1/s1. The van der Waals surface area contributed by atoms with Crippen molar-refractivity contribution in [3.63, 3.8) is 0 Å². The molecule has 2 fully saturated rings. The van der Waals surface area contributed by atoms with Crippen LogP contribution in [0, 0.1) is 11.6 Å². The number of halogens is 6. The maximum Gasteiger partial charge on any atom is 0.422 e. The van der Waals surface area contributed by atoms with Gasteiger partial charge in [0.2, 0.25) is 5.88 Å². The van der Waals surface area contributed by atoms with Gasteiger partial charge in [0, 0.05) is 24.7 Å². The Bertz CT molecular complexity index is 1680. The molecule has 13 heteroatoms. The molecule has 0 amide bonds. The van der Waals surface area contributed by atoms with Crippen LogP contribution in [0.1, 0.15) is 31.7 Å². The summed E-state index contributed by atoms with van der Waals surface area (Å²) >= 11 is 0. The molecule has 0 spiro atoms. The number of benzene rings is 2. The van der Waals surface area contributed by atoms with Crippen LogP contribution in [0.25, 0.3) is 32.9 Å². The Morgan fingerprint density at radius 2 is 1.95 bits per heavy atom. The molecule has 2 aromatic carbocycles. The first-order valence-corrected chi connectivity index (χ1v) is 13.5. The lowest BCUT2D eigenvalue weighted by Gasteiger charge is -2.30. The maximum absolute atomic E-state index is 16.3. The number of aryl methyl sites for hydroxylation is 1. The molecule has 2 saturated heterocycles. The third-order valence-corrected chi connectivity index (χ3v) is 7.99. The van der Waals surface area contributed by atoms with Crippen molar-refractivity contribution in [3.8, 4) is 28.9 Å². The van der Waals surface area contributed by atoms with E-state index >= 15 is 4.39 Å². The summed E-state index contributed by atoms with van der Waals surface area (Å²) in [6.45, 7) is 0.904. The number of phenolic OH excluding ortho intramolecular Hbond substituents is 1. The smallest absolute Gasteiger partial charge is 0.422 e. The van der Waals surface area contributed by atoms with E-state index in [1.54, 1.807) is 6.92 Å². The molecule has 4 aromatic rings. The van der Waals surface area contributed by atoms with E-state index in [1.807, 2.05) is 4.90 Å². The summed E-state index contributed by atoms with van der Waals surface area (Å²) in [4.78, 5) is 14.2. The predicted molar refractivity (Wildman–Crippen MR) is 141 cm³/mol. The molecular weight excluding hydrogens is 566 g/mol. The van der Waals surface area contributed by atoms with Gasteiger partial charge in [-0.05, 0) is 60.3 Å². The molecule has 0 saturated carbocycles. The first-order valence-electron chi connectivity index (χ1n) is 13.5. The Balaban J connectivity index is 1.48. The number of ether oxygens (including phenoxy) is 2. The average molecular weight is 593 g/mol. The number of alkyl halides is 4. The van der Waals surface area contributed by atoms with Crippen LogP contribution in [-0.4, -0.2) is 69.1 Å². The molecule has 2 aliphatic heterocycles. The maximum atomic E-state index is 16.3. The van der Waals surface area contributed by atoms with Crippen molar-refractivity contribution < 1.29 is 40.9 Å². The van der Waals surface area contributed by atoms with Gasteiger partial charge in [-0.15, -0.1) is 0 Å². The molecule has 0 aliphatic carbocycles. The van der Waals surface area contributed by atoms with Gasteiger partial charge in [0.25, 0.3) is 0 Å². The number of phenols is 1. The molecule has 1 N–H and O–H groups in total. The van der Waals surface area contributed by atoms with E-state index in [0.29, 0.717) is 23.7 Å². The van der Waals surface area contributed by atoms with Crippen LogP contribution in [0.3, 0.4) is 0 Å². The van der Waals surface area contributed by atoms with Crippen molar-refractivity contribution >= 4 is 21.7 Å². The van der Waals surface area contributed by atoms with E-state index in [2.05, 4.69) is 15.0 Å². The van der Waals surface area contributed by atoms with Crippen LogP contribution in [0.4, 0.5) is 26.3 Å². The van der Waals surface area contributed by atoms with E-state index in [0.717, 1.165) is 12.6 Å². The van der Waals surface area contributed by atoms with E-state index < -0.39 is 53.5 Å². The summed E-state index contributed by atoms with van der Waals surface area (Å²) in [6.07, 6.45) is -2.73. The summed E-state index contributed by atoms with van der Waals surface area (Å²) in [6, 6.07) is 4.89. The third-order valence-electron chi connectivity index (χ3n) is 7.99. The Kier molecular flexibility index (Phi) is 7.03. The number of rotatable bonds is 7. The van der Waals surface area contributed by atoms with Crippen LogP contribution in [0.2, 0.25) is 0 Å². The number of pyridine rings is 1. The van der Waals surface area contributed by atoms with Gasteiger partial charge in [-0.2, -0.15) is 23.1 Å². The molecule has 42 heavy (non-hydrogen) atoms. The van der Waals surface area contributed by atoms with Crippen LogP contribution in [0.15, 0.2) is 30.5 Å². The molecule has 7 nitrogen and oxygen atoms in total. The van der Waals surface area contributed by atoms with Crippen molar-refractivity contribution in [2.24, 2.45) is 0 Å². The first kappa shape index (κ1) is 28.3. The number of fused-ring (bicyclic) bond motifs is 3. The van der Waals surface area contributed by atoms with Gasteiger partial charge in [0.1, 0.15) is 35.6 Å². The molecule has 2 atom stereocenters. The summed E-state index contributed by atoms with van der Waals surface area (Å²) in [5.74, 6) is -2.40. The highest BCUT2D eigenvalue weighted by Crippen LogP contribution is 2.41.